The minimum Gasteiger partial charge on any atom is -0.361 e. The van der Waals surface area contributed by atoms with Gasteiger partial charge in [-0.3, -0.25) is 9.59 Å². The molecule has 0 aliphatic heterocycles. The third kappa shape index (κ3) is 4.03. The molecule has 1 aliphatic rings. The lowest BCUT2D eigenvalue weighted by Crippen LogP contribution is -2.48. The van der Waals surface area contributed by atoms with Crippen molar-refractivity contribution < 1.29 is 9.59 Å². The fourth-order valence-corrected chi connectivity index (χ4v) is 3.29. The third-order valence-electron chi connectivity index (χ3n) is 4.92. The van der Waals surface area contributed by atoms with Crippen molar-refractivity contribution in [2.24, 2.45) is 0 Å². The number of para-hydroxylation sites is 1. The van der Waals surface area contributed by atoms with E-state index >= 15 is 0 Å². The molecule has 1 heterocycles. The van der Waals surface area contributed by atoms with E-state index in [4.69, 9.17) is 0 Å². The Morgan fingerprint density at radius 2 is 1.96 bits per heavy atom. The number of aromatic amines is 1. The molecule has 5 nitrogen and oxygen atoms in total. The van der Waals surface area contributed by atoms with Crippen molar-refractivity contribution >= 4 is 22.7 Å². The average molecular weight is 361 g/mol. The summed E-state index contributed by atoms with van der Waals surface area (Å²) in [7, 11) is 0. The molecular weight excluding hydrogens is 338 g/mol. The predicted molar refractivity (Wildman–Crippen MR) is 106 cm³/mol. The van der Waals surface area contributed by atoms with Gasteiger partial charge in [-0.25, -0.2) is 0 Å². The van der Waals surface area contributed by atoms with Gasteiger partial charge in [0.15, 0.2) is 0 Å². The number of aryl methyl sites for hydroxylation is 1. The second-order valence-electron chi connectivity index (χ2n) is 7.24. The fraction of sp³-hybridized carbons (Fsp3) is 0.273. The molecule has 1 saturated carbocycles. The molecule has 0 radical (unpaired) electrons. The van der Waals surface area contributed by atoms with Gasteiger partial charge in [0.1, 0.15) is 6.04 Å². The summed E-state index contributed by atoms with van der Waals surface area (Å²) in [5, 5.41) is 7.03. The highest BCUT2D eigenvalue weighted by Gasteiger charge is 2.29. The maximum Gasteiger partial charge on any atom is 0.251 e. The monoisotopic (exact) mass is 361 g/mol. The summed E-state index contributed by atoms with van der Waals surface area (Å²) in [4.78, 5) is 28.7. The summed E-state index contributed by atoms with van der Waals surface area (Å²) in [5.41, 5.74) is 3.63. The van der Waals surface area contributed by atoms with Gasteiger partial charge in [-0.15, -0.1) is 0 Å². The first kappa shape index (κ1) is 17.3. The first-order valence-electron chi connectivity index (χ1n) is 9.33. The molecule has 3 N–H and O–H groups in total. The van der Waals surface area contributed by atoms with Crippen molar-refractivity contribution in [1.29, 1.82) is 0 Å². The summed E-state index contributed by atoms with van der Waals surface area (Å²) in [6.45, 7) is 1.94. The smallest absolute Gasteiger partial charge is 0.251 e. The lowest BCUT2D eigenvalue weighted by atomic mass is 10.0. The Morgan fingerprint density at radius 3 is 2.74 bits per heavy atom. The lowest BCUT2D eigenvalue weighted by molar-refractivity contribution is -0.123. The first-order chi connectivity index (χ1) is 13.1. The molecular formula is C22H23N3O2. The van der Waals surface area contributed by atoms with E-state index in [1.807, 2.05) is 55.6 Å². The Kier molecular flexibility index (Phi) is 4.67. The highest BCUT2D eigenvalue weighted by Crippen LogP contribution is 2.21. The highest BCUT2D eigenvalue weighted by molar-refractivity contribution is 5.98. The minimum atomic E-state index is -0.613. The fourth-order valence-electron chi connectivity index (χ4n) is 3.29. The molecule has 0 unspecified atom stereocenters. The number of hydrogen-bond acceptors (Lipinski definition) is 2. The molecule has 5 heteroatoms. The van der Waals surface area contributed by atoms with Gasteiger partial charge in [0.2, 0.25) is 5.91 Å². The van der Waals surface area contributed by atoms with Gasteiger partial charge in [-0.05, 0) is 43.5 Å². The molecule has 0 saturated heterocycles. The average Bonchev–Trinajstić information content (AvgIpc) is 3.39. The highest BCUT2D eigenvalue weighted by atomic mass is 16.2. The van der Waals surface area contributed by atoms with E-state index in [2.05, 4.69) is 15.6 Å². The van der Waals surface area contributed by atoms with Crippen molar-refractivity contribution in [3.05, 3.63) is 71.4 Å². The zero-order chi connectivity index (χ0) is 18.8. The van der Waals surface area contributed by atoms with E-state index < -0.39 is 6.04 Å². The number of aromatic nitrogens is 1. The van der Waals surface area contributed by atoms with E-state index in [-0.39, 0.29) is 17.9 Å². The normalized spacial score (nSPS) is 14.7. The van der Waals surface area contributed by atoms with Crippen LogP contribution in [-0.4, -0.2) is 28.9 Å². The number of hydrogen-bond donors (Lipinski definition) is 3. The van der Waals surface area contributed by atoms with Crippen LogP contribution in [0.15, 0.2) is 54.7 Å². The van der Waals surface area contributed by atoms with Crippen LogP contribution in [0, 0.1) is 6.92 Å². The van der Waals surface area contributed by atoms with Crippen molar-refractivity contribution in [3.8, 4) is 0 Å². The van der Waals surface area contributed by atoms with Gasteiger partial charge in [-0.1, -0.05) is 35.9 Å². The van der Waals surface area contributed by atoms with Crippen LogP contribution in [0.4, 0.5) is 0 Å². The minimum absolute atomic E-state index is 0.121. The summed E-state index contributed by atoms with van der Waals surface area (Å²) in [6, 6.07) is 15.0. The second-order valence-corrected chi connectivity index (χ2v) is 7.24. The molecule has 0 bridgehead atoms. The number of benzene rings is 2. The number of H-pyrrole nitrogens is 1. The number of rotatable bonds is 6. The first-order valence-corrected chi connectivity index (χ1v) is 9.33. The zero-order valence-electron chi connectivity index (χ0n) is 15.3. The molecule has 2 amide bonds. The Hall–Kier alpha value is -3.08. The van der Waals surface area contributed by atoms with E-state index in [1.54, 1.807) is 6.07 Å². The van der Waals surface area contributed by atoms with Gasteiger partial charge in [-0.2, -0.15) is 0 Å². The van der Waals surface area contributed by atoms with E-state index in [9.17, 15) is 9.59 Å². The van der Waals surface area contributed by atoms with Crippen LogP contribution < -0.4 is 10.6 Å². The third-order valence-corrected chi connectivity index (χ3v) is 4.92. The molecule has 1 aliphatic carbocycles. The van der Waals surface area contributed by atoms with Gasteiger partial charge in [0.25, 0.3) is 5.91 Å². The van der Waals surface area contributed by atoms with Crippen molar-refractivity contribution in [2.45, 2.75) is 38.3 Å². The maximum absolute atomic E-state index is 12.8. The molecule has 3 aromatic rings. The van der Waals surface area contributed by atoms with Crippen LogP contribution in [0.1, 0.15) is 34.3 Å². The van der Waals surface area contributed by atoms with E-state index in [0.717, 1.165) is 34.9 Å². The topological polar surface area (TPSA) is 74.0 Å². The maximum atomic E-state index is 12.8. The predicted octanol–water partition coefficient (Wildman–Crippen LogP) is 3.10. The summed E-state index contributed by atoms with van der Waals surface area (Å²) < 4.78 is 0. The standard InChI is InChI=1S/C22H23N3O2/c1-14-5-4-6-15(11-14)21(26)25-20(22(27)24-17-9-10-17)12-16-13-23-19-8-3-2-7-18(16)19/h2-8,11,13,17,20,23H,9-10,12H2,1H3,(H,24,27)(H,25,26)/t20-/m0/s1. The number of fused-ring (bicyclic) bond motifs is 1. The largest absolute Gasteiger partial charge is 0.361 e. The molecule has 1 atom stereocenters. The Morgan fingerprint density at radius 1 is 1.15 bits per heavy atom. The van der Waals surface area contributed by atoms with E-state index in [0.29, 0.717) is 12.0 Å². The van der Waals surface area contributed by atoms with Crippen LogP contribution in [0.2, 0.25) is 0 Å². The zero-order valence-corrected chi connectivity index (χ0v) is 15.3. The Balaban J connectivity index is 1.56. The van der Waals surface area contributed by atoms with Crippen LogP contribution in [-0.2, 0) is 11.2 Å². The van der Waals surface area contributed by atoms with E-state index in [1.165, 1.54) is 0 Å². The molecule has 27 heavy (non-hydrogen) atoms. The number of amides is 2. The van der Waals surface area contributed by atoms with Crippen molar-refractivity contribution in [2.75, 3.05) is 0 Å². The summed E-state index contributed by atoms with van der Waals surface area (Å²) in [6.07, 6.45) is 4.38. The summed E-state index contributed by atoms with van der Waals surface area (Å²) >= 11 is 0. The Bertz CT molecular complexity index is 988. The molecule has 2 aromatic carbocycles. The van der Waals surface area contributed by atoms with Crippen molar-refractivity contribution in [3.63, 3.8) is 0 Å². The van der Waals surface area contributed by atoms with Gasteiger partial charge in [0.05, 0.1) is 0 Å². The summed E-state index contributed by atoms with van der Waals surface area (Å²) in [5.74, 6) is -0.349. The van der Waals surface area contributed by atoms with Crippen LogP contribution in [0.3, 0.4) is 0 Å². The van der Waals surface area contributed by atoms with Gasteiger partial charge in [0, 0.05) is 35.1 Å². The molecule has 138 valence electrons. The van der Waals surface area contributed by atoms with Gasteiger partial charge < -0.3 is 15.6 Å². The molecule has 0 spiro atoms. The van der Waals surface area contributed by atoms with Crippen LogP contribution >= 0.6 is 0 Å². The number of carbonyl (C=O) groups excluding carboxylic acids is 2. The quantitative estimate of drug-likeness (QED) is 0.631. The lowest BCUT2D eigenvalue weighted by Gasteiger charge is -2.18. The molecule has 4 rings (SSSR count). The van der Waals surface area contributed by atoms with Crippen molar-refractivity contribution in [1.82, 2.24) is 15.6 Å². The molecule has 1 aromatic heterocycles. The van der Waals surface area contributed by atoms with Crippen LogP contribution in [0.5, 0.6) is 0 Å². The Labute approximate surface area is 158 Å². The van der Waals surface area contributed by atoms with Crippen LogP contribution in [0.25, 0.3) is 10.9 Å². The SMILES string of the molecule is Cc1cccc(C(=O)N[C@@H](Cc2c[nH]c3ccccc23)C(=O)NC2CC2)c1. The number of nitrogens with one attached hydrogen (secondary N) is 3. The number of carbonyl (C=O) groups is 2. The second kappa shape index (κ2) is 7.27. The van der Waals surface area contributed by atoms with Gasteiger partial charge >= 0.3 is 0 Å². The molecule has 1 fully saturated rings.